The van der Waals surface area contributed by atoms with Gasteiger partial charge < -0.3 is 15.4 Å². The molecule has 0 spiro atoms. The first-order chi connectivity index (χ1) is 12.5. The van der Waals surface area contributed by atoms with Crippen LogP contribution in [0.5, 0.6) is 0 Å². The highest BCUT2D eigenvalue weighted by molar-refractivity contribution is 7.89. The number of halogens is 1. The van der Waals surface area contributed by atoms with Gasteiger partial charge in [0, 0.05) is 26.2 Å². The second-order valence-corrected chi connectivity index (χ2v) is 8.85. The zero-order valence-electron chi connectivity index (χ0n) is 15.5. The Labute approximate surface area is 167 Å². The predicted molar refractivity (Wildman–Crippen MR) is 105 cm³/mol. The summed E-state index contributed by atoms with van der Waals surface area (Å²) in [6.45, 7) is 4.74. The average Bonchev–Trinajstić information content (AvgIpc) is 2.67. The standard InChI is InChI=1S/C18H27N3O4S.ClH/c1-14-17(19-9-12-25-14)18(22)20-13-15-7-10-21(11-8-15)26(23,24)16-5-3-2-4-6-16;/h2-6,14-15,17,19H,7-13H2,1H3,(H,20,22);1H/t14-,17+;/m1./s1. The summed E-state index contributed by atoms with van der Waals surface area (Å²) in [6.07, 6.45) is 1.36. The number of rotatable bonds is 5. The lowest BCUT2D eigenvalue weighted by atomic mass is 9.98. The molecule has 2 aliphatic rings. The molecule has 2 N–H and O–H groups in total. The maximum Gasteiger partial charge on any atom is 0.243 e. The minimum atomic E-state index is -3.42. The van der Waals surface area contributed by atoms with Gasteiger partial charge in [0.05, 0.1) is 17.6 Å². The molecule has 0 aliphatic carbocycles. The van der Waals surface area contributed by atoms with Crippen molar-refractivity contribution in [2.45, 2.75) is 36.8 Å². The molecule has 3 rings (SSSR count). The van der Waals surface area contributed by atoms with Gasteiger partial charge in [0.1, 0.15) is 6.04 Å². The third kappa shape index (κ3) is 5.42. The fraction of sp³-hybridized carbons (Fsp3) is 0.611. The van der Waals surface area contributed by atoms with E-state index in [1.54, 1.807) is 34.6 Å². The molecule has 7 nitrogen and oxygen atoms in total. The Morgan fingerprint density at radius 2 is 1.93 bits per heavy atom. The number of carbonyl (C=O) groups excluding carboxylic acids is 1. The fourth-order valence-corrected chi connectivity index (χ4v) is 4.97. The van der Waals surface area contributed by atoms with Gasteiger partial charge in [-0.05, 0) is 37.8 Å². The lowest BCUT2D eigenvalue weighted by Crippen LogP contribution is -2.56. The number of nitrogens with one attached hydrogen (secondary N) is 2. The number of benzene rings is 1. The Morgan fingerprint density at radius 1 is 1.26 bits per heavy atom. The minimum Gasteiger partial charge on any atom is -0.375 e. The van der Waals surface area contributed by atoms with Gasteiger partial charge in [0.25, 0.3) is 0 Å². The van der Waals surface area contributed by atoms with E-state index in [1.807, 2.05) is 6.92 Å². The summed E-state index contributed by atoms with van der Waals surface area (Å²) in [4.78, 5) is 12.6. The van der Waals surface area contributed by atoms with E-state index in [0.29, 0.717) is 43.6 Å². The molecule has 0 unspecified atom stereocenters. The van der Waals surface area contributed by atoms with Gasteiger partial charge in [-0.3, -0.25) is 4.79 Å². The average molecular weight is 418 g/mol. The van der Waals surface area contributed by atoms with Crippen LogP contribution in [0.25, 0.3) is 0 Å². The molecule has 1 amide bonds. The molecule has 0 radical (unpaired) electrons. The Bertz CT molecular complexity index is 709. The molecule has 2 atom stereocenters. The summed E-state index contributed by atoms with van der Waals surface area (Å²) >= 11 is 0. The Hall–Kier alpha value is -1.19. The van der Waals surface area contributed by atoms with Crippen molar-refractivity contribution in [3.63, 3.8) is 0 Å². The number of sulfonamides is 1. The number of carbonyl (C=O) groups is 1. The van der Waals surface area contributed by atoms with E-state index in [0.717, 1.165) is 12.8 Å². The van der Waals surface area contributed by atoms with E-state index in [1.165, 1.54) is 0 Å². The molecule has 2 heterocycles. The first kappa shape index (κ1) is 22.1. The quantitative estimate of drug-likeness (QED) is 0.746. The summed E-state index contributed by atoms with van der Waals surface area (Å²) in [6, 6.07) is 8.21. The smallest absolute Gasteiger partial charge is 0.243 e. The number of hydrogen-bond acceptors (Lipinski definition) is 5. The lowest BCUT2D eigenvalue weighted by Gasteiger charge is -2.32. The number of hydrogen-bond donors (Lipinski definition) is 2. The first-order valence-electron chi connectivity index (χ1n) is 9.16. The van der Waals surface area contributed by atoms with Crippen LogP contribution in [0, 0.1) is 5.92 Å². The normalized spacial score (nSPS) is 24.8. The van der Waals surface area contributed by atoms with Crippen LogP contribution < -0.4 is 10.6 Å². The van der Waals surface area contributed by atoms with Gasteiger partial charge in [-0.2, -0.15) is 4.31 Å². The summed E-state index contributed by atoms with van der Waals surface area (Å²) < 4.78 is 32.3. The van der Waals surface area contributed by atoms with Crippen LogP contribution in [0.1, 0.15) is 19.8 Å². The van der Waals surface area contributed by atoms with Crippen LogP contribution in [0.15, 0.2) is 35.2 Å². The van der Waals surface area contributed by atoms with Crippen LogP contribution in [0.3, 0.4) is 0 Å². The van der Waals surface area contributed by atoms with Crippen LogP contribution in [0.2, 0.25) is 0 Å². The molecule has 2 aliphatic heterocycles. The number of amides is 1. The van der Waals surface area contributed by atoms with E-state index in [9.17, 15) is 13.2 Å². The first-order valence-corrected chi connectivity index (χ1v) is 10.6. The number of ether oxygens (including phenoxy) is 1. The maximum absolute atomic E-state index is 12.6. The highest BCUT2D eigenvalue weighted by atomic mass is 35.5. The molecule has 152 valence electrons. The molecule has 0 bridgehead atoms. The lowest BCUT2D eigenvalue weighted by molar-refractivity contribution is -0.129. The zero-order chi connectivity index (χ0) is 18.6. The van der Waals surface area contributed by atoms with Gasteiger partial charge >= 0.3 is 0 Å². The fourth-order valence-electron chi connectivity index (χ4n) is 3.48. The molecule has 2 saturated heterocycles. The second-order valence-electron chi connectivity index (χ2n) is 6.91. The molecular weight excluding hydrogens is 390 g/mol. The SMILES string of the molecule is C[C@H]1OCCN[C@@H]1C(=O)NCC1CCN(S(=O)(=O)c2ccccc2)CC1.Cl. The van der Waals surface area contributed by atoms with E-state index in [-0.39, 0.29) is 30.5 Å². The van der Waals surface area contributed by atoms with E-state index < -0.39 is 10.0 Å². The summed E-state index contributed by atoms with van der Waals surface area (Å²) in [5.41, 5.74) is 0. The number of morpholine rings is 1. The molecule has 0 saturated carbocycles. The maximum atomic E-state index is 12.6. The summed E-state index contributed by atoms with van der Waals surface area (Å²) in [5.74, 6) is 0.248. The Morgan fingerprint density at radius 3 is 2.56 bits per heavy atom. The van der Waals surface area contributed by atoms with E-state index in [4.69, 9.17) is 4.74 Å². The Balaban J connectivity index is 0.00000261. The molecule has 27 heavy (non-hydrogen) atoms. The van der Waals surface area contributed by atoms with Crippen molar-refractivity contribution < 1.29 is 17.9 Å². The molecule has 2 fully saturated rings. The predicted octanol–water partition coefficient (Wildman–Crippen LogP) is 1.00. The van der Waals surface area contributed by atoms with Gasteiger partial charge in [-0.1, -0.05) is 18.2 Å². The van der Waals surface area contributed by atoms with Gasteiger partial charge in [-0.15, -0.1) is 12.4 Å². The van der Waals surface area contributed by atoms with Crippen molar-refractivity contribution in [2.24, 2.45) is 5.92 Å². The summed E-state index contributed by atoms with van der Waals surface area (Å²) in [7, 11) is -3.42. The molecule has 1 aromatic rings. The highest BCUT2D eigenvalue weighted by Gasteiger charge is 2.31. The monoisotopic (exact) mass is 417 g/mol. The Kier molecular flexibility index (Phi) is 8.05. The van der Waals surface area contributed by atoms with Gasteiger partial charge in [0.2, 0.25) is 15.9 Å². The third-order valence-electron chi connectivity index (χ3n) is 5.12. The van der Waals surface area contributed by atoms with Crippen molar-refractivity contribution in [3.05, 3.63) is 30.3 Å². The van der Waals surface area contributed by atoms with E-state index >= 15 is 0 Å². The van der Waals surface area contributed by atoms with Crippen molar-refractivity contribution >= 4 is 28.3 Å². The number of nitrogens with zero attached hydrogens (tertiary/aromatic N) is 1. The van der Waals surface area contributed by atoms with E-state index in [2.05, 4.69) is 10.6 Å². The molecule has 9 heteroatoms. The topological polar surface area (TPSA) is 87.7 Å². The van der Waals surface area contributed by atoms with Crippen LogP contribution in [-0.2, 0) is 19.6 Å². The largest absolute Gasteiger partial charge is 0.375 e. The third-order valence-corrected chi connectivity index (χ3v) is 7.03. The van der Waals surface area contributed by atoms with Crippen molar-refractivity contribution in [3.8, 4) is 0 Å². The minimum absolute atomic E-state index is 0. The van der Waals surface area contributed by atoms with Gasteiger partial charge in [-0.25, -0.2) is 8.42 Å². The molecule has 0 aromatic heterocycles. The summed E-state index contributed by atoms with van der Waals surface area (Å²) in [5, 5.41) is 6.17. The van der Waals surface area contributed by atoms with Crippen molar-refractivity contribution in [1.82, 2.24) is 14.9 Å². The molecule has 1 aromatic carbocycles. The van der Waals surface area contributed by atoms with Crippen LogP contribution in [-0.4, -0.2) is 63.6 Å². The highest BCUT2D eigenvalue weighted by Crippen LogP contribution is 2.23. The van der Waals surface area contributed by atoms with Crippen LogP contribution in [0.4, 0.5) is 0 Å². The zero-order valence-corrected chi connectivity index (χ0v) is 17.1. The second kappa shape index (κ2) is 9.84. The molecular formula is C18H28ClN3O4S. The van der Waals surface area contributed by atoms with Gasteiger partial charge in [0.15, 0.2) is 0 Å². The van der Waals surface area contributed by atoms with Crippen molar-refractivity contribution in [2.75, 3.05) is 32.8 Å². The van der Waals surface area contributed by atoms with Crippen LogP contribution >= 0.6 is 12.4 Å². The van der Waals surface area contributed by atoms with Crippen molar-refractivity contribution in [1.29, 1.82) is 0 Å². The number of piperidine rings is 1.